The summed E-state index contributed by atoms with van der Waals surface area (Å²) in [5.74, 6) is 0.263. The lowest BCUT2D eigenvalue weighted by Crippen LogP contribution is -2.17. The van der Waals surface area contributed by atoms with Gasteiger partial charge in [-0.05, 0) is 36.8 Å². The van der Waals surface area contributed by atoms with Gasteiger partial charge in [0.15, 0.2) is 0 Å². The number of nitro groups is 1. The summed E-state index contributed by atoms with van der Waals surface area (Å²) in [5, 5.41) is 14.6. The smallest absolute Gasteiger partial charge is 0.271 e. The maximum absolute atomic E-state index is 12.2. The van der Waals surface area contributed by atoms with Gasteiger partial charge in [0.2, 0.25) is 0 Å². The maximum atomic E-state index is 12.2. The second-order valence-corrected chi connectivity index (χ2v) is 6.35. The van der Waals surface area contributed by atoms with Crippen molar-refractivity contribution in [2.45, 2.75) is 13.5 Å². The average Bonchev–Trinajstić information content (AvgIpc) is 2.74. The fourth-order valence-corrected chi connectivity index (χ4v) is 2.50. The zero-order chi connectivity index (χ0) is 20.6. The Kier molecular flexibility index (Phi) is 6.32. The Morgan fingerprint density at radius 1 is 1.10 bits per heavy atom. The molecule has 0 aliphatic carbocycles. The van der Waals surface area contributed by atoms with Crippen LogP contribution in [-0.4, -0.2) is 17.0 Å². The SMILES string of the molecule is Cc1ccc(COc2ccc(C(=O)NN=Cc3cccc([N+](=O)[O-])c3)cc2)cc1. The summed E-state index contributed by atoms with van der Waals surface area (Å²) in [7, 11) is 0. The van der Waals surface area contributed by atoms with Crippen LogP contribution in [0, 0.1) is 17.0 Å². The van der Waals surface area contributed by atoms with E-state index in [1.54, 1.807) is 36.4 Å². The van der Waals surface area contributed by atoms with Crippen LogP contribution in [0.15, 0.2) is 77.9 Å². The maximum Gasteiger partial charge on any atom is 0.271 e. The van der Waals surface area contributed by atoms with E-state index in [1.807, 2.05) is 31.2 Å². The molecule has 1 N–H and O–H groups in total. The van der Waals surface area contributed by atoms with Crippen LogP contribution in [0.4, 0.5) is 5.69 Å². The Labute approximate surface area is 167 Å². The standard InChI is InChI=1S/C22H19N3O4/c1-16-5-7-17(8-6-16)15-29-21-11-9-19(10-12-21)22(26)24-23-14-18-3-2-4-20(13-18)25(27)28/h2-14H,15H2,1H3,(H,24,26). The number of ether oxygens (including phenoxy) is 1. The van der Waals surface area contributed by atoms with E-state index in [0.29, 0.717) is 23.5 Å². The van der Waals surface area contributed by atoms with Crippen LogP contribution in [0.1, 0.15) is 27.0 Å². The molecule has 29 heavy (non-hydrogen) atoms. The number of benzene rings is 3. The van der Waals surface area contributed by atoms with Crippen LogP contribution >= 0.6 is 0 Å². The van der Waals surface area contributed by atoms with Crippen LogP contribution in [-0.2, 0) is 6.61 Å². The summed E-state index contributed by atoms with van der Waals surface area (Å²) >= 11 is 0. The van der Waals surface area contributed by atoms with Crippen LogP contribution in [0.25, 0.3) is 0 Å². The number of rotatable bonds is 7. The molecule has 7 nitrogen and oxygen atoms in total. The highest BCUT2D eigenvalue weighted by atomic mass is 16.6. The number of carbonyl (C=O) groups is 1. The molecular weight excluding hydrogens is 370 g/mol. The first kappa shape index (κ1) is 19.8. The number of nitro benzene ring substituents is 1. The number of hydrazone groups is 1. The van der Waals surface area contributed by atoms with Gasteiger partial charge in [0, 0.05) is 23.3 Å². The van der Waals surface area contributed by atoms with E-state index in [9.17, 15) is 14.9 Å². The minimum atomic E-state index is -0.488. The molecule has 0 bridgehead atoms. The first-order valence-electron chi connectivity index (χ1n) is 8.87. The molecule has 0 aromatic heterocycles. The van der Waals surface area contributed by atoms with Crippen molar-refractivity contribution >= 4 is 17.8 Å². The minimum absolute atomic E-state index is 0.0403. The lowest BCUT2D eigenvalue weighted by atomic mass is 10.2. The number of nitrogens with one attached hydrogen (secondary N) is 1. The van der Waals surface area contributed by atoms with E-state index >= 15 is 0 Å². The van der Waals surface area contributed by atoms with Gasteiger partial charge < -0.3 is 4.74 Å². The molecule has 7 heteroatoms. The molecule has 0 heterocycles. The summed E-state index contributed by atoms with van der Waals surface area (Å²) in [6, 6.07) is 20.8. The third kappa shape index (κ3) is 5.74. The van der Waals surface area contributed by atoms with Gasteiger partial charge >= 0.3 is 0 Å². The summed E-state index contributed by atoms with van der Waals surface area (Å²) < 4.78 is 5.72. The number of aryl methyl sites for hydroxylation is 1. The van der Waals surface area contributed by atoms with Crippen molar-refractivity contribution < 1.29 is 14.5 Å². The van der Waals surface area contributed by atoms with E-state index in [4.69, 9.17) is 4.74 Å². The van der Waals surface area contributed by atoms with Crippen molar-refractivity contribution in [2.24, 2.45) is 5.10 Å². The van der Waals surface area contributed by atoms with Crippen molar-refractivity contribution in [3.63, 3.8) is 0 Å². The van der Waals surface area contributed by atoms with Crippen LogP contribution in [0.3, 0.4) is 0 Å². The fraction of sp³-hybridized carbons (Fsp3) is 0.0909. The molecule has 1 amide bonds. The molecule has 146 valence electrons. The first-order chi connectivity index (χ1) is 14.0. The van der Waals surface area contributed by atoms with E-state index in [0.717, 1.165) is 5.56 Å². The second kappa shape index (κ2) is 9.27. The van der Waals surface area contributed by atoms with Gasteiger partial charge in [-0.15, -0.1) is 0 Å². The quantitative estimate of drug-likeness (QED) is 0.371. The number of carbonyl (C=O) groups excluding carboxylic acids is 1. The van der Waals surface area contributed by atoms with Gasteiger partial charge in [-0.2, -0.15) is 5.10 Å². The molecule has 3 aromatic rings. The van der Waals surface area contributed by atoms with Gasteiger partial charge in [-0.1, -0.05) is 42.0 Å². The molecule has 0 fully saturated rings. The van der Waals surface area contributed by atoms with Crippen molar-refractivity contribution in [1.82, 2.24) is 5.43 Å². The lowest BCUT2D eigenvalue weighted by molar-refractivity contribution is -0.384. The summed E-state index contributed by atoms with van der Waals surface area (Å²) in [5.41, 5.74) is 5.55. The molecule has 0 saturated carbocycles. The summed E-state index contributed by atoms with van der Waals surface area (Å²) in [4.78, 5) is 22.4. The van der Waals surface area contributed by atoms with Crippen LogP contribution in [0.5, 0.6) is 5.75 Å². The monoisotopic (exact) mass is 389 g/mol. The molecule has 0 unspecified atom stereocenters. The van der Waals surface area contributed by atoms with Gasteiger partial charge in [0.25, 0.3) is 11.6 Å². The molecule has 0 aliphatic heterocycles. The average molecular weight is 389 g/mol. The predicted molar refractivity (Wildman–Crippen MR) is 110 cm³/mol. The topological polar surface area (TPSA) is 93.8 Å². The van der Waals surface area contributed by atoms with Crippen molar-refractivity contribution in [2.75, 3.05) is 0 Å². The zero-order valence-electron chi connectivity index (χ0n) is 15.7. The minimum Gasteiger partial charge on any atom is -0.489 e. The number of non-ortho nitro benzene ring substituents is 1. The normalized spacial score (nSPS) is 10.7. The van der Waals surface area contributed by atoms with Crippen LogP contribution < -0.4 is 10.2 Å². The van der Waals surface area contributed by atoms with Gasteiger partial charge in [-0.25, -0.2) is 5.43 Å². The second-order valence-electron chi connectivity index (χ2n) is 6.35. The van der Waals surface area contributed by atoms with E-state index < -0.39 is 10.8 Å². The summed E-state index contributed by atoms with van der Waals surface area (Å²) in [6.45, 7) is 2.47. The summed E-state index contributed by atoms with van der Waals surface area (Å²) in [6.07, 6.45) is 1.35. The Morgan fingerprint density at radius 2 is 1.83 bits per heavy atom. The highest BCUT2D eigenvalue weighted by molar-refractivity contribution is 5.95. The highest BCUT2D eigenvalue weighted by Crippen LogP contribution is 2.15. The third-order valence-electron chi connectivity index (χ3n) is 4.10. The van der Waals surface area contributed by atoms with Crippen molar-refractivity contribution in [1.29, 1.82) is 0 Å². The molecule has 0 spiro atoms. The molecule has 0 atom stereocenters. The van der Waals surface area contributed by atoms with Crippen molar-refractivity contribution in [3.05, 3.63) is 105 Å². The Balaban J connectivity index is 1.54. The largest absolute Gasteiger partial charge is 0.489 e. The highest BCUT2D eigenvalue weighted by Gasteiger charge is 2.06. The Bertz CT molecular complexity index is 1030. The molecule has 0 radical (unpaired) electrons. The van der Waals surface area contributed by atoms with Gasteiger partial charge in [0.1, 0.15) is 12.4 Å². The van der Waals surface area contributed by atoms with Crippen molar-refractivity contribution in [3.8, 4) is 5.75 Å². The van der Waals surface area contributed by atoms with E-state index in [1.165, 1.54) is 23.9 Å². The van der Waals surface area contributed by atoms with E-state index in [2.05, 4.69) is 10.5 Å². The number of hydrogen-bond acceptors (Lipinski definition) is 5. The zero-order valence-corrected chi connectivity index (χ0v) is 15.7. The number of hydrogen-bond donors (Lipinski definition) is 1. The molecule has 0 aliphatic rings. The molecule has 3 rings (SSSR count). The molecule has 0 saturated heterocycles. The van der Waals surface area contributed by atoms with Crippen LogP contribution in [0.2, 0.25) is 0 Å². The van der Waals surface area contributed by atoms with E-state index in [-0.39, 0.29) is 5.69 Å². The predicted octanol–water partition coefficient (Wildman–Crippen LogP) is 4.25. The Morgan fingerprint density at radius 3 is 2.52 bits per heavy atom. The number of nitrogens with zero attached hydrogens (tertiary/aromatic N) is 2. The Hall–Kier alpha value is -4.00. The lowest BCUT2D eigenvalue weighted by Gasteiger charge is -2.07. The fourth-order valence-electron chi connectivity index (χ4n) is 2.50. The van der Waals surface area contributed by atoms with Gasteiger partial charge in [-0.3, -0.25) is 14.9 Å². The van der Waals surface area contributed by atoms with Gasteiger partial charge in [0.05, 0.1) is 11.1 Å². The number of amides is 1. The molecular formula is C22H19N3O4. The third-order valence-corrected chi connectivity index (χ3v) is 4.10. The molecule has 3 aromatic carbocycles. The first-order valence-corrected chi connectivity index (χ1v) is 8.87.